The fraction of sp³-hybridized carbons (Fsp3) is 0.533. The number of urea groups is 1. The van der Waals surface area contributed by atoms with Crippen LogP contribution in [0, 0.1) is 0 Å². The van der Waals surface area contributed by atoms with Crippen molar-refractivity contribution in [1.29, 1.82) is 0 Å². The molecule has 1 saturated heterocycles. The molecule has 0 spiro atoms. The van der Waals surface area contributed by atoms with Crippen molar-refractivity contribution in [2.45, 2.75) is 31.7 Å². The molecule has 1 aromatic rings. The lowest BCUT2D eigenvalue weighted by Crippen LogP contribution is -2.39. The number of primary amides is 1. The molecule has 2 aliphatic heterocycles. The molecule has 6 nitrogen and oxygen atoms in total. The Bertz CT molecular complexity index is 687. The van der Waals surface area contributed by atoms with Gasteiger partial charge in [-0.25, -0.2) is 13.2 Å². The Morgan fingerprint density at radius 1 is 1.32 bits per heavy atom. The molecule has 2 heterocycles. The molecular weight excluding hydrogens is 302 g/mol. The van der Waals surface area contributed by atoms with Crippen LogP contribution in [0.3, 0.4) is 0 Å². The van der Waals surface area contributed by atoms with Crippen LogP contribution in [0.25, 0.3) is 0 Å². The molecule has 22 heavy (non-hydrogen) atoms. The van der Waals surface area contributed by atoms with E-state index in [4.69, 9.17) is 5.73 Å². The standard InChI is InChI=1S/C15H21N3O3S/c16-15(19)18-7-1-3-11-5-6-12(9-14(11)18)17-13-4-2-8-22(20,21)10-13/h5-6,9,13,17H,1-4,7-8,10H2,(H2,16,19). The molecule has 2 amide bonds. The van der Waals surface area contributed by atoms with Gasteiger partial charge < -0.3 is 11.1 Å². The number of carbonyl (C=O) groups is 1. The topological polar surface area (TPSA) is 92.5 Å². The van der Waals surface area contributed by atoms with Crippen molar-refractivity contribution in [3.05, 3.63) is 23.8 Å². The van der Waals surface area contributed by atoms with Crippen LogP contribution in [0.2, 0.25) is 0 Å². The molecule has 3 rings (SSSR count). The molecule has 0 aliphatic carbocycles. The van der Waals surface area contributed by atoms with Crippen molar-refractivity contribution in [2.24, 2.45) is 5.73 Å². The van der Waals surface area contributed by atoms with Crippen LogP contribution >= 0.6 is 0 Å². The smallest absolute Gasteiger partial charge is 0.319 e. The first-order chi connectivity index (χ1) is 10.4. The van der Waals surface area contributed by atoms with E-state index in [2.05, 4.69) is 5.32 Å². The summed E-state index contributed by atoms with van der Waals surface area (Å²) in [4.78, 5) is 13.1. The minimum absolute atomic E-state index is 0.0672. The summed E-state index contributed by atoms with van der Waals surface area (Å²) in [6, 6.07) is 5.33. The molecule has 0 aromatic heterocycles. The van der Waals surface area contributed by atoms with Crippen molar-refractivity contribution in [2.75, 3.05) is 28.3 Å². The molecule has 3 N–H and O–H groups in total. The number of carbonyl (C=O) groups excluding carboxylic acids is 1. The number of amides is 2. The van der Waals surface area contributed by atoms with Crippen LogP contribution in [0.15, 0.2) is 18.2 Å². The minimum Gasteiger partial charge on any atom is -0.381 e. The molecule has 120 valence electrons. The van der Waals surface area contributed by atoms with E-state index in [0.29, 0.717) is 13.0 Å². The molecule has 0 radical (unpaired) electrons. The van der Waals surface area contributed by atoms with Crippen LogP contribution in [-0.4, -0.2) is 38.5 Å². The molecule has 1 atom stereocenters. The second kappa shape index (κ2) is 5.79. The summed E-state index contributed by atoms with van der Waals surface area (Å²) in [5.41, 5.74) is 8.22. The number of hydrogen-bond donors (Lipinski definition) is 2. The number of anilines is 2. The van der Waals surface area contributed by atoms with Gasteiger partial charge in [-0.1, -0.05) is 6.07 Å². The fourth-order valence-electron chi connectivity index (χ4n) is 3.27. The second-order valence-electron chi connectivity index (χ2n) is 6.03. The van der Waals surface area contributed by atoms with E-state index in [1.807, 2.05) is 18.2 Å². The zero-order valence-electron chi connectivity index (χ0n) is 12.4. The average Bonchev–Trinajstić information content (AvgIpc) is 2.45. The number of nitrogens with two attached hydrogens (primary N) is 1. The predicted molar refractivity (Wildman–Crippen MR) is 87.0 cm³/mol. The van der Waals surface area contributed by atoms with Crippen LogP contribution in [0.4, 0.5) is 16.2 Å². The zero-order valence-corrected chi connectivity index (χ0v) is 13.2. The highest BCUT2D eigenvalue weighted by atomic mass is 32.2. The van der Waals surface area contributed by atoms with Gasteiger partial charge >= 0.3 is 6.03 Å². The summed E-state index contributed by atoms with van der Waals surface area (Å²) in [5.74, 6) is 0.453. The average molecular weight is 323 g/mol. The minimum atomic E-state index is -2.94. The van der Waals surface area contributed by atoms with Gasteiger partial charge in [0, 0.05) is 18.3 Å². The Morgan fingerprint density at radius 2 is 2.14 bits per heavy atom. The highest BCUT2D eigenvalue weighted by molar-refractivity contribution is 7.91. The van der Waals surface area contributed by atoms with Crippen molar-refractivity contribution in [3.8, 4) is 0 Å². The van der Waals surface area contributed by atoms with E-state index in [1.165, 1.54) is 0 Å². The van der Waals surface area contributed by atoms with Crippen LogP contribution in [0.5, 0.6) is 0 Å². The summed E-state index contributed by atoms with van der Waals surface area (Å²) < 4.78 is 23.4. The normalized spacial score (nSPS) is 23.6. The van der Waals surface area contributed by atoms with E-state index in [1.54, 1.807) is 4.90 Å². The highest BCUT2D eigenvalue weighted by Gasteiger charge is 2.25. The lowest BCUT2D eigenvalue weighted by molar-refractivity contribution is 0.253. The molecule has 0 bridgehead atoms. The van der Waals surface area contributed by atoms with E-state index in [-0.39, 0.29) is 17.5 Å². The summed E-state index contributed by atoms with van der Waals surface area (Å²) in [5, 5.41) is 3.29. The van der Waals surface area contributed by atoms with Gasteiger partial charge in [-0.15, -0.1) is 0 Å². The Kier molecular flexibility index (Phi) is 3.99. The van der Waals surface area contributed by atoms with E-state index in [0.717, 1.165) is 36.2 Å². The predicted octanol–water partition coefficient (Wildman–Crippen LogP) is 1.51. The van der Waals surface area contributed by atoms with E-state index < -0.39 is 15.9 Å². The van der Waals surface area contributed by atoms with Gasteiger partial charge in [-0.05, 0) is 43.4 Å². The maximum Gasteiger partial charge on any atom is 0.319 e. The third-order valence-corrected chi connectivity index (χ3v) is 6.12. The lowest BCUT2D eigenvalue weighted by atomic mass is 10.0. The van der Waals surface area contributed by atoms with Crippen molar-refractivity contribution in [1.82, 2.24) is 0 Å². The molecule has 1 unspecified atom stereocenters. The first kappa shape index (κ1) is 15.1. The number of nitrogens with one attached hydrogen (secondary N) is 1. The molecule has 0 saturated carbocycles. The lowest BCUT2D eigenvalue weighted by Gasteiger charge is -2.29. The number of benzene rings is 1. The summed E-state index contributed by atoms with van der Waals surface area (Å²) in [7, 11) is -2.94. The Morgan fingerprint density at radius 3 is 2.86 bits per heavy atom. The Balaban J connectivity index is 1.81. The van der Waals surface area contributed by atoms with Gasteiger partial charge in [0.1, 0.15) is 0 Å². The maximum atomic E-state index is 11.7. The first-order valence-electron chi connectivity index (χ1n) is 7.61. The molecule has 1 aromatic carbocycles. The Hall–Kier alpha value is -1.76. The number of fused-ring (bicyclic) bond motifs is 1. The summed E-state index contributed by atoms with van der Waals surface area (Å²) in [6.45, 7) is 0.629. The molecule has 1 fully saturated rings. The van der Waals surface area contributed by atoms with E-state index >= 15 is 0 Å². The monoisotopic (exact) mass is 323 g/mol. The number of nitrogens with zero attached hydrogens (tertiary/aromatic N) is 1. The summed E-state index contributed by atoms with van der Waals surface area (Å²) in [6.07, 6.45) is 3.37. The van der Waals surface area contributed by atoms with Gasteiger partial charge in [0.25, 0.3) is 0 Å². The second-order valence-corrected chi connectivity index (χ2v) is 8.26. The van der Waals surface area contributed by atoms with Gasteiger partial charge in [0.15, 0.2) is 9.84 Å². The number of sulfone groups is 1. The van der Waals surface area contributed by atoms with Gasteiger partial charge in [0.05, 0.1) is 17.2 Å². The Labute approximate surface area is 130 Å². The quantitative estimate of drug-likeness (QED) is 0.863. The van der Waals surface area contributed by atoms with Crippen molar-refractivity contribution in [3.63, 3.8) is 0 Å². The maximum absolute atomic E-state index is 11.7. The molecular formula is C15H21N3O3S. The third-order valence-electron chi connectivity index (χ3n) is 4.30. The van der Waals surface area contributed by atoms with Crippen molar-refractivity contribution < 1.29 is 13.2 Å². The first-order valence-corrected chi connectivity index (χ1v) is 9.44. The van der Waals surface area contributed by atoms with Crippen molar-refractivity contribution >= 4 is 27.2 Å². The fourth-order valence-corrected chi connectivity index (χ4v) is 4.90. The van der Waals surface area contributed by atoms with Crippen LogP contribution < -0.4 is 16.0 Å². The van der Waals surface area contributed by atoms with Crippen LogP contribution in [0.1, 0.15) is 24.8 Å². The number of hydrogen-bond acceptors (Lipinski definition) is 4. The highest BCUT2D eigenvalue weighted by Crippen LogP contribution is 2.30. The van der Waals surface area contributed by atoms with Gasteiger partial charge in [-0.2, -0.15) is 0 Å². The third kappa shape index (κ3) is 3.19. The number of aryl methyl sites for hydroxylation is 1. The molecule has 2 aliphatic rings. The zero-order chi connectivity index (χ0) is 15.7. The summed E-state index contributed by atoms with van der Waals surface area (Å²) >= 11 is 0. The van der Waals surface area contributed by atoms with Crippen LogP contribution in [-0.2, 0) is 16.3 Å². The van der Waals surface area contributed by atoms with Gasteiger partial charge in [0.2, 0.25) is 0 Å². The molecule has 7 heteroatoms. The van der Waals surface area contributed by atoms with Gasteiger partial charge in [-0.3, -0.25) is 4.90 Å². The number of rotatable bonds is 2. The van der Waals surface area contributed by atoms with E-state index in [9.17, 15) is 13.2 Å². The SMILES string of the molecule is NC(=O)N1CCCc2ccc(NC3CCCS(=O)(=O)C3)cc21. The largest absolute Gasteiger partial charge is 0.381 e.